The number of benzene rings is 2. The van der Waals surface area contributed by atoms with Crippen LogP contribution >= 0.6 is 0 Å². The molecule has 0 saturated carbocycles. The molecule has 1 aliphatic heterocycles. The van der Waals surface area contributed by atoms with Crippen LogP contribution in [-0.4, -0.2) is 57.4 Å². The molecule has 1 aliphatic rings. The molecule has 0 spiro atoms. The van der Waals surface area contributed by atoms with Crippen molar-refractivity contribution >= 4 is 27.4 Å². The van der Waals surface area contributed by atoms with E-state index in [9.17, 15) is 13.2 Å². The van der Waals surface area contributed by atoms with Gasteiger partial charge in [-0.15, -0.1) is 0 Å². The fraction of sp³-hybridized carbons (Fsp3) is 0.250. The van der Waals surface area contributed by atoms with Gasteiger partial charge in [-0.2, -0.15) is 0 Å². The third-order valence-corrected chi connectivity index (χ3v) is 7.46. The number of sulfonamides is 1. The van der Waals surface area contributed by atoms with E-state index in [4.69, 9.17) is 0 Å². The zero-order valence-corrected chi connectivity index (χ0v) is 19.0. The summed E-state index contributed by atoms with van der Waals surface area (Å²) in [6.07, 6.45) is 1.76. The van der Waals surface area contributed by atoms with Crippen LogP contribution in [0, 0.1) is 6.92 Å². The molecule has 0 atom stereocenters. The highest BCUT2D eigenvalue weighted by Crippen LogP contribution is 2.24. The highest BCUT2D eigenvalue weighted by Gasteiger charge is 2.26. The Hall–Kier alpha value is -3.39. The minimum atomic E-state index is -3.79. The van der Waals surface area contributed by atoms with E-state index in [1.165, 1.54) is 23.5 Å². The smallest absolute Gasteiger partial charge is 0.264 e. The second-order valence-electron chi connectivity index (χ2n) is 7.80. The number of rotatable bonds is 5. The number of anilines is 2. The molecule has 32 heavy (non-hydrogen) atoms. The molecule has 7 nitrogen and oxygen atoms in total. The third kappa shape index (κ3) is 4.45. The van der Waals surface area contributed by atoms with Crippen molar-refractivity contribution in [2.75, 3.05) is 42.4 Å². The summed E-state index contributed by atoms with van der Waals surface area (Å²) in [4.78, 5) is 21.4. The molecule has 1 amide bonds. The number of aryl methyl sites for hydroxylation is 1. The van der Waals surface area contributed by atoms with E-state index in [2.05, 4.69) is 9.88 Å². The van der Waals surface area contributed by atoms with Crippen molar-refractivity contribution in [3.63, 3.8) is 0 Å². The number of carbonyl (C=O) groups is 1. The quantitative estimate of drug-likeness (QED) is 0.597. The molecule has 1 fully saturated rings. The molecule has 0 radical (unpaired) electrons. The summed E-state index contributed by atoms with van der Waals surface area (Å²) in [5.74, 6) is 0.729. The minimum Gasteiger partial charge on any atom is -0.353 e. The Labute approximate surface area is 189 Å². The van der Waals surface area contributed by atoms with E-state index in [1.807, 2.05) is 37.3 Å². The monoisotopic (exact) mass is 450 g/mol. The molecule has 166 valence electrons. The first-order chi connectivity index (χ1) is 15.4. The number of hydrogen-bond acceptors (Lipinski definition) is 5. The molecule has 0 bridgehead atoms. The van der Waals surface area contributed by atoms with Crippen LogP contribution in [0.15, 0.2) is 77.8 Å². The summed E-state index contributed by atoms with van der Waals surface area (Å²) >= 11 is 0. The lowest BCUT2D eigenvalue weighted by Gasteiger charge is -2.35. The van der Waals surface area contributed by atoms with Gasteiger partial charge in [0.1, 0.15) is 5.82 Å². The summed E-state index contributed by atoms with van der Waals surface area (Å²) in [6, 6.07) is 19.3. The van der Waals surface area contributed by atoms with Gasteiger partial charge < -0.3 is 9.80 Å². The first kappa shape index (κ1) is 21.8. The molecular weight excluding hydrogens is 424 g/mol. The van der Waals surface area contributed by atoms with Gasteiger partial charge in [0.25, 0.3) is 15.9 Å². The highest BCUT2D eigenvalue weighted by atomic mass is 32.2. The Bertz CT molecular complexity index is 1190. The Morgan fingerprint density at radius 1 is 0.938 bits per heavy atom. The summed E-state index contributed by atoms with van der Waals surface area (Å²) < 4.78 is 27.5. The maximum Gasteiger partial charge on any atom is 0.264 e. The highest BCUT2D eigenvalue weighted by molar-refractivity contribution is 7.92. The van der Waals surface area contributed by atoms with Gasteiger partial charge in [-0.05, 0) is 49.4 Å². The molecule has 4 rings (SSSR count). The summed E-state index contributed by atoms with van der Waals surface area (Å²) in [7, 11) is -2.27. The second kappa shape index (κ2) is 9.00. The number of aromatic nitrogens is 1. The summed E-state index contributed by atoms with van der Waals surface area (Å²) in [6.45, 7) is 4.41. The van der Waals surface area contributed by atoms with E-state index in [-0.39, 0.29) is 10.8 Å². The van der Waals surface area contributed by atoms with Crippen LogP contribution in [0.4, 0.5) is 11.5 Å². The molecule has 0 N–H and O–H groups in total. The predicted octanol–water partition coefficient (Wildman–Crippen LogP) is 3.18. The van der Waals surface area contributed by atoms with Crippen molar-refractivity contribution in [1.29, 1.82) is 0 Å². The van der Waals surface area contributed by atoms with Gasteiger partial charge in [0.05, 0.1) is 10.6 Å². The first-order valence-electron chi connectivity index (χ1n) is 10.5. The summed E-state index contributed by atoms with van der Waals surface area (Å²) in [5.41, 5.74) is 1.99. The van der Waals surface area contributed by atoms with E-state index in [0.29, 0.717) is 37.4 Å². The topological polar surface area (TPSA) is 73.8 Å². The second-order valence-corrected chi connectivity index (χ2v) is 9.77. The molecule has 0 unspecified atom stereocenters. The Morgan fingerprint density at radius 3 is 2.31 bits per heavy atom. The van der Waals surface area contributed by atoms with Crippen molar-refractivity contribution < 1.29 is 13.2 Å². The lowest BCUT2D eigenvalue weighted by Crippen LogP contribution is -2.49. The van der Waals surface area contributed by atoms with Gasteiger partial charge in [0, 0.05) is 45.0 Å². The lowest BCUT2D eigenvalue weighted by molar-refractivity contribution is 0.0746. The number of hydrogen-bond donors (Lipinski definition) is 0. The van der Waals surface area contributed by atoms with Crippen molar-refractivity contribution in [2.24, 2.45) is 0 Å². The van der Waals surface area contributed by atoms with Crippen LogP contribution in [-0.2, 0) is 10.0 Å². The van der Waals surface area contributed by atoms with Crippen LogP contribution in [0.25, 0.3) is 0 Å². The van der Waals surface area contributed by atoms with Crippen LogP contribution in [0.5, 0.6) is 0 Å². The van der Waals surface area contributed by atoms with Crippen LogP contribution in [0.3, 0.4) is 0 Å². The van der Waals surface area contributed by atoms with E-state index in [0.717, 1.165) is 11.4 Å². The van der Waals surface area contributed by atoms with Crippen molar-refractivity contribution in [3.8, 4) is 0 Å². The SMILES string of the molecule is Cc1ccc(N(C)S(=O)(=O)c2cccc(C(=O)N3CCN(c4ccccn4)CC3)c2)cc1. The fourth-order valence-electron chi connectivity index (χ4n) is 3.70. The van der Waals surface area contributed by atoms with Gasteiger partial charge in [0.15, 0.2) is 0 Å². The number of amides is 1. The van der Waals surface area contributed by atoms with Gasteiger partial charge in [-0.3, -0.25) is 9.10 Å². The lowest BCUT2D eigenvalue weighted by atomic mass is 10.2. The van der Waals surface area contributed by atoms with Crippen molar-refractivity contribution in [3.05, 3.63) is 84.1 Å². The molecule has 3 aromatic rings. The van der Waals surface area contributed by atoms with E-state index < -0.39 is 10.0 Å². The zero-order chi connectivity index (χ0) is 22.7. The molecule has 2 aromatic carbocycles. The predicted molar refractivity (Wildman–Crippen MR) is 126 cm³/mol. The van der Waals surface area contributed by atoms with Gasteiger partial charge in [-0.1, -0.05) is 29.8 Å². The standard InChI is InChI=1S/C24H26N4O3S/c1-19-9-11-21(12-10-19)26(2)32(30,31)22-7-5-6-20(18-22)24(29)28-16-14-27(15-17-28)23-8-3-4-13-25-23/h3-13,18H,14-17H2,1-2H3. The largest absolute Gasteiger partial charge is 0.353 e. The zero-order valence-electron chi connectivity index (χ0n) is 18.2. The van der Waals surface area contributed by atoms with Crippen LogP contribution < -0.4 is 9.21 Å². The van der Waals surface area contributed by atoms with Crippen molar-refractivity contribution in [1.82, 2.24) is 9.88 Å². The third-order valence-electron chi connectivity index (χ3n) is 5.68. The average Bonchev–Trinajstić information content (AvgIpc) is 2.84. The number of pyridine rings is 1. The van der Waals surface area contributed by atoms with E-state index in [1.54, 1.807) is 35.4 Å². The molecule has 1 aromatic heterocycles. The van der Waals surface area contributed by atoms with Gasteiger partial charge in [0.2, 0.25) is 0 Å². The number of carbonyl (C=O) groups excluding carboxylic acids is 1. The first-order valence-corrected chi connectivity index (χ1v) is 11.9. The molecule has 8 heteroatoms. The summed E-state index contributed by atoms with van der Waals surface area (Å²) in [5, 5.41) is 0. The number of piperazine rings is 1. The average molecular weight is 451 g/mol. The Morgan fingerprint density at radius 2 is 1.66 bits per heavy atom. The Balaban J connectivity index is 1.49. The van der Waals surface area contributed by atoms with Crippen LogP contribution in [0.2, 0.25) is 0 Å². The Kier molecular flexibility index (Phi) is 6.14. The molecule has 0 aliphatic carbocycles. The molecular formula is C24H26N4O3S. The maximum atomic E-state index is 13.2. The maximum absolute atomic E-state index is 13.2. The van der Waals surface area contributed by atoms with Gasteiger partial charge >= 0.3 is 0 Å². The number of nitrogens with zero attached hydrogens (tertiary/aromatic N) is 4. The van der Waals surface area contributed by atoms with E-state index >= 15 is 0 Å². The molecule has 1 saturated heterocycles. The van der Waals surface area contributed by atoms with Crippen LogP contribution in [0.1, 0.15) is 15.9 Å². The molecule has 2 heterocycles. The van der Waals surface area contributed by atoms with Crippen molar-refractivity contribution in [2.45, 2.75) is 11.8 Å². The fourth-order valence-corrected chi connectivity index (χ4v) is 4.95. The normalized spacial score (nSPS) is 14.3. The minimum absolute atomic E-state index is 0.0959. The van der Waals surface area contributed by atoms with Gasteiger partial charge in [-0.25, -0.2) is 13.4 Å².